The number of nitrogens with one attached hydrogen (secondary N) is 1. The van der Waals surface area contributed by atoms with Gasteiger partial charge in [-0.25, -0.2) is 0 Å². The Morgan fingerprint density at radius 2 is 1.89 bits per heavy atom. The number of ether oxygens (including phenoxy) is 1. The third kappa shape index (κ3) is 3.98. The maximum absolute atomic E-state index is 11.8. The van der Waals surface area contributed by atoms with E-state index < -0.39 is 11.9 Å². The number of carboxylic acid groups (broad SMARTS) is 1. The van der Waals surface area contributed by atoms with E-state index in [4.69, 9.17) is 9.84 Å². The Morgan fingerprint density at radius 3 is 2.42 bits per heavy atom. The third-order valence-corrected chi connectivity index (χ3v) is 3.00. The van der Waals surface area contributed by atoms with E-state index in [1.807, 2.05) is 26.0 Å². The van der Waals surface area contributed by atoms with Gasteiger partial charge >= 0.3 is 5.97 Å². The standard InChI is InChI=1S/C14H19NO4/c1-8-5-11(12(19-4)6-9(8)2)15-13(16)7-10(3)14(17)18/h5-6,10H,7H2,1-4H3,(H,15,16)(H,17,18). The molecule has 1 atom stereocenters. The number of aryl methyl sites for hydroxylation is 2. The number of carbonyl (C=O) groups excluding carboxylic acids is 1. The van der Waals surface area contributed by atoms with Gasteiger partial charge in [0.15, 0.2) is 0 Å². The van der Waals surface area contributed by atoms with Crippen molar-refractivity contribution in [3.05, 3.63) is 23.3 Å². The predicted molar refractivity (Wildman–Crippen MR) is 72.5 cm³/mol. The first kappa shape index (κ1) is 15.0. The lowest BCUT2D eigenvalue weighted by molar-refractivity contribution is -0.142. The van der Waals surface area contributed by atoms with Gasteiger partial charge in [-0.15, -0.1) is 0 Å². The first-order valence-corrected chi connectivity index (χ1v) is 6.03. The molecule has 0 aliphatic heterocycles. The molecule has 1 aromatic rings. The van der Waals surface area contributed by atoms with Gasteiger partial charge in [-0.3, -0.25) is 9.59 Å². The number of benzene rings is 1. The maximum Gasteiger partial charge on any atom is 0.306 e. The zero-order chi connectivity index (χ0) is 14.6. The molecule has 1 rings (SSSR count). The van der Waals surface area contributed by atoms with Crippen LogP contribution < -0.4 is 10.1 Å². The number of carboxylic acids is 1. The first-order chi connectivity index (χ1) is 8.85. The molecule has 0 bridgehead atoms. The predicted octanol–water partition coefficient (Wildman–Crippen LogP) is 2.36. The van der Waals surface area contributed by atoms with E-state index in [0.29, 0.717) is 11.4 Å². The molecule has 1 aromatic carbocycles. The van der Waals surface area contributed by atoms with Gasteiger partial charge in [-0.1, -0.05) is 6.92 Å². The van der Waals surface area contributed by atoms with Gasteiger partial charge in [0.05, 0.1) is 18.7 Å². The fourth-order valence-corrected chi connectivity index (χ4v) is 1.62. The van der Waals surface area contributed by atoms with Crippen LogP contribution in [0.2, 0.25) is 0 Å². The van der Waals surface area contributed by atoms with Crippen LogP contribution in [-0.2, 0) is 9.59 Å². The van der Waals surface area contributed by atoms with Crippen LogP contribution in [0.5, 0.6) is 5.75 Å². The minimum absolute atomic E-state index is 0.0641. The number of aliphatic carboxylic acids is 1. The van der Waals surface area contributed by atoms with Crippen molar-refractivity contribution in [3.8, 4) is 5.75 Å². The van der Waals surface area contributed by atoms with Gasteiger partial charge in [0.25, 0.3) is 0 Å². The quantitative estimate of drug-likeness (QED) is 0.857. The summed E-state index contributed by atoms with van der Waals surface area (Å²) in [7, 11) is 1.53. The van der Waals surface area contributed by atoms with Crippen LogP contribution in [0.4, 0.5) is 5.69 Å². The Bertz CT molecular complexity index is 496. The Hall–Kier alpha value is -2.04. The number of hydrogen-bond donors (Lipinski definition) is 2. The van der Waals surface area contributed by atoms with Gasteiger partial charge in [0.2, 0.25) is 5.91 Å². The van der Waals surface area contributed by atoms with Gasteiger partial charge in [-0.2, -0.15) is 0 Å². The minimum atomic E-state index is -0.984. The summed E-state index contributed by atoms with van der Waals surface area (Å²) in [5.74, 6) is -1.46. The van der Waals surface area contributed by atoms with Gasteiger partial charge in [0.1, 0.15) is 5.75 Å². The summed E-state index contributed by atoms with van der Waals surface area (Å²) in [6, 6.07) is 3.66. The summed E-state index contributed by atoms with van der Waals surface area (Å²) in [6.07, 6.45) is -0.0641. The topological polar surface area (TPSA) is 75.6 Å². The SMILES string of the molecule is COc1cc(C)c(C)cc1NC(=O)CC(C)C(=O)O. The monoisotopic (exact) mass is 265 g/mol. The number of carbonyl (C=O) groups is 2. The summed E-state index contributed by atoms with van der Waals surface area (Å²) in [4.78, 5) is 22.5. The lowest BCUT2D eigenvalue weighted by Gasteiger charge is -2.13. The molecule has 5 heteroatoms. The average molecular weight is 265 g/mol. The van der Waals surface area contributed by atoms with E-state index in [-0.39, 0.29) is 12.3 Å². The van der Waals surface area contributed by atoms with Crippen LogP contribution >= 0.6 is 0 Å². The van der Waals surface area contributed by atoms with Gasteiger partial charge in [0, 0.05) is 6.42 Å². The molecule has 2 N–H and O–H groups in total. The van der Waals surface area contributed by atoms with Crippen molar-refractivity contribution in [3.63, 3.8) is 0 Å². The van der Waals surface area contributed by atoms with Crippen molar-refractivity contribution in [2.24, 2.45) is 5.92 Å². The molecule has 1 amide bonds. The van der Waals surface area contributed by atoms with Crippen LogP contribution in [0.15, 0.2) is 12.1 Å². The molecular formula is C14H19NO4. The van der Waals surface area contributed by atoms with Crippen molar-refractivity contribution in [2.45, 2.75) is 27.2 Å². The largest absolute Gasteiger partial charge is 0.495 e. The molecule has 5 nitrogen and oxygen atoms in total. The van der Waals surface area contributed by atoms with E-state index in [9.17, 15) is 9.59 Å². The number of anilines is 1. The van der Waals surface area contributed by atoms with Crippen LogP contribution in [-0.4, -0.2) is 24.1 Å². The molecule has 0 aliphatic rings. The van der Waals surface area contributed by atoms with Gasteiger partial charge in [-0.05, 0) is 37.1 Å². The van der Waals surface area contributed by atoms with Crippen LogP contribution in [0.3, 0.4) is 0 Å². The summed E-state index contributed by atoms with van der Waals surface area (Å²) < 4.78 is 5.20. The lowest BCUT2D eigenvalue weighted by atomic mass is 10.1. The van der Waals surface area contributed by atoms with Crippen molar-refractivity contribution in [1.82, 2.24) is 0 Å². The summed E-state index contributed by atoms with van der Waals surface area (Å²) in [6.45, 7) is 5.39. The van der Waals surface area contributed by atoms with E-state index in [1.54, 1.807) is 0 Å². The molecule has 0 aromatic heterocycles. The smallest absolute Gasteiger partial charge is 0.306 e. The molecule has 1 unspecified atom stereocenters. The molecule has 0 spiro atoms. The third-order valence-electron chi connectivity index (χ3n) is 3.00. The van der Waals surface area contributed by atoms with E-state index in [1.165, 1.54) is 14.0 Å². The summed E-state index contributed by atoms with van der Waals surface area (Å²) in [5, 5.41) is 11.5. The second kappa shape index (κ2) is 6.22. The molecule has 0 radical (unpaired) electrons. The number of hydrogen-bond acceptors (Lipinski definition) is 3. The second-order valence-corrected chi connectivity index (χ2v) is 4.63. The average Bonchev–Trinajstić information content (AvgIpc) is 2.33. The highest BCUT2D eigenvalue weighted by Crippen LogP contribution is 2.28. The summed E-state index contributed by atoms with van der Waals surface area (Å²) in [5.41, 5.74) is 2.66. The maximum atomic E-state index is 11.8. The van der Waals surface area contributed by atoms with Crippen LogP contribution in [0, 0.1) is 19.8 Å². The molecule has 0 saturated carbocycles. The Morgan fingerprint density at radius 1 is 1.32 bits per heavy atom. The Labute approximate surface area is 112 Å². The van der Waals surface area contributed by atoms with Crippen molar-refractivity contribution in [2.75, 3.05) is 12.4 Å². The molecule has 0 fully saturated rings. The Kier molecular flexibility index (Phi) is 4.92. The fraction of sp³-hybridized carbons (Fsp3) is 0.429. The normalized spacial score (nSPS) is 11.8. The molecule has 0 heterocycles. The van der Waals surface area contributed by atoms with Gasteiger partial charge < -0.3 is 15.2 Å². The zero-order valence-corrected chi connectivity index (χ0v) is 11.6. The second-order valence-electron chi connectivity index (χ2n) is 4.63. The Balaban J connectivity index is 2.84. The number of methoxy groups -OCH3 is 1. The first-order valence-electron chi connectivity index (χ1n) is 6.03. The van der Waals surface area contributed by atoms with Crippen molar-refractivity contribution < 1.29 is 19.4 Å². The van der Waals surface area contributed by atoms with Crippen LogP contribution in [0.25, 0.3) is 0 Å². The zero-order valence-electron chi connectivity index (χ0n) is 11.6. The van der Waals surface area contributed by atoms with Crippen molar-refractivity contribution in [1.29, 1.82) is 0 Å². The summed E-state index contributed by atoms with van der Waals surface area (Å²) >= 11 is 0. The van der Waals surface area contributed by atoms with Crippen LogP contribution in [0.1, 0.15) is 24.5 Å². The van der Waals surface area contributed by atoms with Crippen molar-refractivity contribution >= 4 is 17.6 Å². The number of amides is 1. The highest BCUT2D eigenvalue weighted by Gasteiger charge is 2.17. The van der Waals surface area contributed by atoms with E-state index in [0.717, 1.165) is 11.1 Å². The minimum Gasteiger partial charge on any atom is -0.495 e. The highest BCUT2D eigenvalue weighted by molar-refractivity contribution is 5.94. The molecule has 104 valence electrons. The number of rotatable bonds is 5. The molecular weight excluding hydrogens is 246 g/mol. The lowest BCUT2D eigenvalue weighted by Crippen LogP contribution is -2.20. The molecule has 0 saturated heterocycles. The van der Waals surface area contributed by atoms with E-state index in [2.05, 4.69) is 5.32 Å². The van der Waals surface area contributed by atoms with E-state index >= 15 is 0 Å². The highest BCUT2D eigenvalue weighted by atomic mass is 16.5. The fourth-order valence-electron chi connectivity index (χ4n) is 1.62. The molecule has 0 aliphatic carbocycles. The molecule has 19 heavy (non-hydrogen) atoms.